The normalized spacial score (nSPS) is 13.8. The second kappa shape index (κ2) is 2.48. The van der Waals surface area contributed by atoms with Crippen LogP contribution >= 0.6 is 22.6 Å². The molecule has 0 atom stereocenters. The molecule has 0 amide bonds. The molecule has 1 aromatic carbocycles. The Morgan fingerprint density at radius 3 is 3.00 bits per heavy atom. The fourth-order valence-electron chi connectivity index (χ4n) is 1.05. The van der Waals surface area contributed by atoms with Crippen LogP contribution in [-0.4, -0.2) is 3.72 Å². The third-order valence-corrected chi connectivity index (χ3v) is 2.42. The van der Waals surface area contributed by atoms with E-state index in [1.165, 1.54) is 5.56 Å². The van der Waals surface area contributed by atoms with Crippen LogP contribution in [0.3, 0.4) is 0 Å². The number of hydrogen-bond donors (Lipinski definition) is 0. The van der Waals surface area contributed by atoms with E-state index in [1.807, 2.05) is 12.1 Å². The molecule has 2 nitrogen and oxygen atoms in total. The van der Waals surface area contributed by atoms with Crippen molar-refractivity contribution in [2.24, 2.45) is 5.10 Å². The van der Waals surface area contributed by atoms with Gasteiger partial charge in [0.1, 0.15) is 3.72 Å². The van der Waals surface area contributed by atoms with Crippen molar-refractivity contribution >= 4 is 32.0 Å². The molecule has 1 aromatic rings. The highest BCUT2D eigenvalue weighted by atomic mass is 127. The topological polar surface area (TPSA) is 26.5 Å². The molecule has 2 rings (SSSR count). The third-order valence-electron chi connectivity index (χ3n) is 1.62. The molecular formula is C8H6IN2. The second-order valence-electron chi connectivity index (χ2n) is 2.51. The van der Waals surface area contributed by atoms with Crippen LogP contribution in [0.5, 0.6) is 0 Å². The van der Waals surface area contributed by atoms with Gasteiger partial charge in [0.2, 0.25) is 0 Å². The lowest BCUT2D eigenvalue weighted by Gasteiger charge is -1.96. The van der Waals surface area contributed by atoms with Crippen LogP contribution in [0.25, 0.3) is 0 Å². The van der Waals surface area contributed by atoms with Crippen molar-refractivity contribution in [3.63, 3.8) is 0 Å². The summed E-state index contributed by atoms with van der Waals surface area (Å²) in [6.45, 7) is 2.07. The molecule has 0 spiro atoms. The Morgan fingerprint density at radius 2 is 2.18 bits per heavy atom. The first-order chi connectivity index (χ1) is 5.27. The van der Waals surface area contributed by atoms with Crippen molar-refractivity contribution in [3.05, 3.63) is 29.3 Å². The van der Waals surface area contributed by atoms with Gasteiger partial charge in [-0.15, -0.1) is 10.5 Å². The molecule has 1 aliphatic rings. The fourth-order valence-corrected chi connectivity index (χ4v) is 1.59. The summed E-state index contributed by atoms with van der Waals surface area (Å²) in [5.41, 5.74) is 7.40. The van der Waals surface area contributed by atoms with Crippen molar-refractivity contribution in [2.75, 3.05) is 0 Å². The molecule has 0 saturated carbocycles. The Bertz CT molecular complexity index is 331. The van der Waals surface area contributed by atoms with Gasteiger partial charge in [-0.25, -0.2) is 0 Å². The molecule has 55 valence electrons. The SMILES string of the molecule is Cc1ccc2c(c1)C(I)=N[N]2. The zero-order chi connectivity index (χ0) is 7.84. The Labute approximate surface area is 78.8 Å². The van der Waals surface area contributed by atoms with Crippen LogP contribution in [0.4, 0.5) is 5.69 Å². The summed E-state index contributed by atoms with van der Waals surface area (Å²) in [6, 6.07) is 6.16. The second-order valence-corrected chi connectivity index (χ2v) is 3.53. The molecule has 11 heavy (non-hydrogen) atoms. The lowest BCUT2D eigenvalue weighted by molar-refractivity contribution is 0.990. The van der Waals surface area contributed by atoms with E-state index in [-0.39, 0.29) is 0 Å². The first-order valence-corrected chi connectivity index (χ1v) is 4.40. The predicted octanol–water partition coefficient (Wildman–Crippen LogP) is 2.34. The molecule has 1 radical (unpaired) electrons. The molecule has 0 fully saturated rings. The lowest BCUT2D eigenvalue weighted by atomic mass is 10.1. The Morgan fingerprint density at radius 1 is 1.36 bits per heavy atom. The Balaban J connectivity index is 2.60. The van der Waals surface area contributed by atoms with Gasteiger partial charge in [-0.05, 0) is 41.6 Å². The summed E-state index contributed by atoms with van der Waals surface area (Å²) >= 11 is 2.20. The standard InChI is InChI=1S/C8H6IN2/c1-5-2-3-7-6(4-5)8(9)11-10-7/h2-4H,1H3. The maximum Gasteiger partial charge on any atom is 0.133 e. The van der Waals surface area contributed by atoms with Crippen LogP contribution < -0.4 is 5.43 Å². The fraction of sp³-hybridized carbons (Fsp3) is 0.125. The number of fused-ring (bicyclic) bond motifs is 1. The summed E-state index contributed by atoms with van der Waals surface area (Å²) in [7, 11) is 0. The van der Waals surface area contributed by atoms with Crippen LogP contribution in [0.15, 0.2) is 23.3 Å². The average molecular weight is 257 g/mol. The quantitative estimate of drug-likeness (QED) is 0.638. The number of rotatable bonds is 0. The third kappa shape index (κ3) is 1.13. The lowest BCUT2D eigenvalue weighted by Crippen LogP contribution is -1.85. The minimum Gasteiger partial charge on any atom is -0.149 e. The van der Waals surface area contributed by atoms with Crippen molar-refractivity contribution in [2.45, 2.75) is 6.92 Å². The minimum absolute atomic E-state index is 0.986. The minimum atomic E-state index is 0.986. The summed E-state index contributed by atoms with van der Waals surface area (Å²) in [4.78, 5) is 0. The first kappa shape index (κ1) is 7.09. The number of halogens is 1. The zero-order valence-corrected chi connectivity index (χ0v) is 8.16. The average Bonchev–Trinajstić information content (AvgIpc) is 2.33. The van der Waals surface area contributed by atoms with Gasteiger partial charge in [-0.3, -0.25) is 0 Å². The molecule has 0 unspecified atom stereocenters. The highest BCUT2D eigenvalue weighted by Crippen LogP contribution is 2.25. The number of aryl methyl sites for hydroxylation is 1. The predicted molar refractivity (Wildman–Crippen MR) is 53.5 cm³/mol. The summed E-state index contributed by atoms with van der Waals surface area (Å²) in [6.07, 6.45) is 0. The largest absolute Gasteiger partial charge is 0.149 e. The highest BCUT2D eigenvalue weighted by Gasteiger charge is 2.13. The molecule has 3 heteroatoms. The van der Waals surface area contributed by atoms with Crippen molar-refractivity contribution in [1.29, 1.82) is 0 Å². The van der Waals surface area contributed by atoms with Crippen LogP contribution in [0.1, 0.15) is 11.1 Å². The van der Waals surface area contributed by atoms with Crippen molar-refractivity contribution < 1.29 is 0 Å². The van der Waals surface area contributed by atoms with Gasteiger partial charge in [0.15, 0.2) is 0 Å². The van der Waals surface area contributed by atoms with Crippen LogP contribution in [0.2, 0.25) is 0 Å². The molecule has 0 aliphatic carbocycles. The van der Waals surface area contributed by atoms with E-state index in [1.54, 1.807) is 0 Å². The molecule has 0 N–H and O–H groups in total. The maximum absolute atomic E-state index is 4.00. The van der Waals surface area contributed by atoms with E-state index in [4.69, 9.17) is 0 Å². The van der Waals surface area contributed by atoms with Gasteiger partial charge >= 0.3 is 0 Å². The number of hydrogen-bond acceptors (Lipinski definition) is 1. The van der Waals surface area contributed by atoms with E-state index in [9.17, 15) is 0 Å². The first-order valence-electron chi connectivity index (χ1n) is 3.32. The molecule has 0 saturated heterocycles. The smallest absolute Gasteiger partial charge is 0.133 e. The zero-order valence-electron chi connectivity index (χ0n) is 6.00. The van der Waals surface area contributed by atoms with E-state index in [0.717, 1.165) is 15.0 Å². The highest BCUT2D eigenvalue weighted by molar-refractivity contribution is 14.1. The van der Waals surface area contributed by atoms with E-state index < -0.39 is 0 Å². The van der Waals surface area contributed by atoms with Crippen molar-refractivity contribution in [3.8, 4) is 0 Å². The van der Waals surface area contributed by atoms with Gasteiger partial charge in [-0.2, -0.15) is 0 Å². The Kier molecular flexibility index (Phi) is 1.60. The van der Waals surface area contributed by atoms with Crippen molar-refractivity contribution in [1.82, 2.24) is 5.43 Å². The van der Waals surface area contributed by atoms with E-state index >= 15 is 0 Å². The number of nitrogens with zero attached hydrogens (tertiary/aromatic N) is 2. The molecule has 0 aromatic heterocycles. The summed E-state index contributed by atoms with van der Waals surface area (Å²) in [5.74, 6) is 0. The van der Waals surface area contributed by atoms with Gasteiger partial charge in [-0.1, -0.05) is 11.6 Å². The Hall–Kier alpha value is -0.580. The molecule has 0 bridgehead atoms. The molecule has 1 heterocycles. The van der Waals surface area contributed by atoms with Crippen LogP contribution in [0, 0.1) is 6.92 Å². The maximum atomic E-state index is 4.00. The van der Waals surface area contributed by atoms with E-state index in [2.05, 4.69) is 46.1 Å². The number of benzene rings is 1. The van der Waals surface area contributed by atoms with E-state index in [0.29, 0.717) is 0 Å². The summed E-state index contributed by atoms with van der Waals surface area (Å²) < 4.78 is 0.987. The van der Waals surface area contributed by atoms with Crippen LogP contribution in [-0.2, 0) is 0 Å². The monoisotopic (exact) mass is 257 g/mol. The summed E-state index contributed by atoms with van der Waals surface area (Å²) in [5, 5.41) is 3.97. The van der Waals surface area contributed by atoms with Gasteiger partial charge in [0, 0.05) is 5.56 Å². The van der Waals surface area contributed by atoms with Gasteiger partial charge in [0.05, 0.1) is 5.69 Å². The molecule has 1 aliphatic heterocycles. The van der Waals surface area contributed by atoms with Gasteiger partial charge < -0.3 is 0 Å². The van der Waals surface area contributed by atoms with Gasteiger partial charge in [0.25, 0.3) is 0 Å². The molecular weight excluding hydrogens is 251 g/mol.